The molecule has 28 heavy (non-hydrogen) atoms. The minimum absolute atomic E-state index is 0.252. The number of nitrogens with one attached hydrogen (secondary N) is 2. The van der Waals surface area contributed by atoms with Crippen LogP contribution in [-0.2, 0) is 17.8 Å². The highest BCUT2D eigenvalue weighted by Crippen LogP contribution is 2.21. The van der Waals surface area contributed by atoms with Crippen molar-refractivity contribution in [2.75, 3.05) is 31.6 Å². The van der Waals surface area contributed by atoms with E-state index in [1.807, 2.05) is 24.3 Å². The largest absolute Gasteiger partial charge is 0.461 e. The molecule has 3 aromatic rings. The van der Waals surface area contributed by atoms with E-state index in [4.69, 9.17) is 13.7 Å². The standard InChI is InChI=1S/C20H22N4O4/c25-20(21-13-16-12-19(28-23-16)18-6-3-9-27-18)22-17-5-2-1-4-15(17)14-24-7-10-26-11-8-24/h1-6,9,12H,7-8,10-11,13-14H2,(H2,21,22,25). The Morgan fingerprint density at radius 1 is 1.11 bits per heavy atom. The van der Waals surface area contributed by atoms with Crippen molar-refractivity contribution in [3.63, 3.8) is 0 Å². The number of anilines is 1. The van der Waals surface area contributed by atoms with Crippen LogP contribution < -0.4 is 10.6 Å². The fourth-order valence-electron chi connectivity index (χ4n) is 3.05. The van der Waals surface area contributed by atoms with Crippen molar-refractivity contribution in [3.05, 3.63) is 60.0 Å². The van der Waals surface area contributed by atoms with Crippen LogP contribution in [-0.4, -0.2) is 42.4 Å². The molecule has 2 amide bonds. The van der Waals surface area contributed by atoms with Crippen LogP contribution in [0.4, 0.5) is 10.5 Å². The lowest BCUT2D eigenvalue weighted by atomic mass is 10.1. The van der Waals surface area contributed by atoms with Crippen molar-refractivity contribution in [2.24, 2.45) is 0 Å². The van der Waals surface area contributed by atoms with Gasteiger partial charge in [-0.25, -0.2) is 4.79 Å². The number of ether oxygens (including phenoxy) is 1. The molecule has 0 saturated carbocycles. The number of morpholine rings is 1. The van der Waals surface area contributed by atoms with E-state index in [9.17, 15) is 4.79 Å². The fraction of sp³-hybridized carbons (Fsp3) is 0.300. The zero-order valence-electron chi connectivity index (χ0n) is 15.4. The van der Waals surface area contributed by atoms with Gasteiger partial charge in [-0.3, -0.25) is 4.90 Å². The molecule has 0 atom stereocenters. The highest BCUT2D eigenvalue weighted by molar-refractivity contribution is 5.90. The van der Waals surface area contributed by atoms with E-state index < -0.39 is 0 Å². The summed E-state index contributed by atoms with van der Waals surface area (Å²) in [4.78, 5) is 14.6. The molecule has 8 nitrogen and oxygen atoms in total. The first-order valence-corrected chi connectivity index (χ1v) is 9.20. The molecule has 8 heteroatoms. The number of nitrogens with zero attached hydrogens (tertiary/aromatic N) is 2. The summed E-state index contributed by atoms with van der Waals surface area (Å²) in [7, 11) is 0. The molecule has 0 spiro atoms. The van der Waals surface area contributed by atoms with Crippen LogP contribution in [0.1, 0.15) is 11.3 Å². The molecule has 146 valence electrons. The molecule has 2 N–H and O–H groups in total. The zero-order valence-corrected chi connectivity index (χ0v) is 15.4. The van der Waals surface area contributed by atoms with E-state index in [1.165, 1.54) is 0 Å². The minimum Gasteiger partial charge on any atom is -0.461 e. The summed E-state index contributed by atoms with van der Waals surface area (Å²) >= 11 is 0. The van der Waals surface area contributed by atoms with E-state index in [1.54, 1.807) is 24.5 Å². The van der Waals surface area contributed by atoms with E-state index in [2.05, 4.69) is 20.7 Å². The van der Waals surface area contributed by atoms with E-state index in [0.29, 0.717) is 17.2 Å². The molecule has 2 aromatic heterocycles. The molecule has 1 aromatic carbocycles. The number of para-hydroxylation sites is 1. The molecule has 0 bridgehead atoms. The molecule has 0 aliphatic carbocycles. The van der Waals surface area contributed by atoms with Crippen LogP contribution >= 0.6 is 0 Å². The summed E-state index contributed by atoms with van der Waals surface area (Å²) in [6, 6.07) is 12.8. The minimum atomic E-state index is -0.294. The SMILES string of the molecule is O=C(NCc1cc(-c2ccco2)on1)Nc1ccccc1CN1CCOCC1. The third-order valence-electron chi connectivity index (χ3n) is 4.52. The second-order valence-electron chi connectivity index (χ2n) is 6.51. The average molecular weight is 382 g/mol. The van der Waals surface area contributed by atoms with Crippen molar-refractivity contribution in [2.45, 2.75) is 13.1 Å². The number of carbonyl (C=O) groups is 1. The van der Waals surface area contributed by atoms with Gasteiger partial charge in [0.25, 0.3) is 0 Å². The Labute approximate surface area is 162 Å². The highest BCUT2D eigenvalue weighted by Gasteiger charge is 2.14. The molecule has 1 aliphatic rings. The average Bonchev–Trinajstić information content (AvgIpc) is 3.40. The summed E-state index contributed by atoms with van der Waals surface area (Å²) in [5.74, 6) is 1.12. The van der Waals surface area contributed by atoms with Gasteiger partial charge >= 0.3 is 6.03 Å². The lowest BCUT2D eigenvalue weighted by Crippen LogP contribution is -2.36. The summed E-state index contributed by atoms with van der Waals surface area (Å²) in [6.07, 6.45) is 1.57. The summed E-state index contributed by atoms with van der Waals surface area (Å²) in [5, 5.41) is 9.67. The number of hydrogen-bond acceptors (Lipinski definition) is 6. The van der Waals surface area contributed by atoms with Crippen molar-refractivity contribution in [1.29, 1.82) is 0 Å². The van der Waals surface area contributed by atoms with Crippen LogP contribution in [0.15, 0.2) is 57.7 Å². The van der Waals surface area contributed by atoms with Gasteiger partial charge in [-0.2, -0.15) is 0 Å². The first-order chi connectivity index (χ1) is 13.8. The second kappa shape index (κ2) is 8.73. The Hall–Kier alpha value is -3.10. The second-order valence-corrected chi connectivity index (χ2v) is 6.51. The number of benzene rings is 1. The Morgan fingerprint density at radius 3 is 2.79 bits per heavy atom. The summed E-state index contributed by atoms with van der Waals surface area (Å²) < 4.78 is 15.9. The molecule has 0 radical (unpaired) electrons. The third-order valence-corrected chi connectivity index (χ3v) is 4.52. The van der Waals surface area contributed by atoms with Gasteiger partial charge < -0.3 is 24.3 Å². The lowest BCUT2D eigenvalue weighted by molar-refractivity contribution is 0.0343. The summed E-state index contributed by atoms with van der Waals surface area (Å²) in [6.45, 7) is 4.30. The molecule has 3 heterocycles. The molecule has 1 aliphatic heterocycles. The van der Waals surface area contributed by atoms with Gasteiger partial charge in [-0.15, -0.1) is 0 Å². The van der Waals surface area contributed by atoms with Crippen LogP contribution in [0.5, 0.6) is 0 Å². The topological polar surface area (TPSA) is 92.8 Å². The number of amides is 2. The Balaban J connectivity index is 1.32. The van der Waals surface area contributed by atoms with Crippen LogP contribution in [0, 0.1) is 0 Å². The first kappa shape index (κ1) is 18.3. The van der Waals surface area contributed by atoms with Gasteiger partial charge in [0, 0.05) is 31.4 Å². The maximum Gasteiger partial charge on any atom is 0.319 e. The van der Waals surface area contributed by atoms with E-state index in [-0.39, 0.29) is 12.6 Å². The maximum absolute atomic E-state index is 12.3. The molecular formula is C20H22N4O4. The number of furan rings is 1. The van der Waals surface area contributed by atoms with Gasteiger partial charge in [0.15, 0.2) is 5.76 Å². The van der Waals surface area contributed by atoms with Crippen LogP contribution in [0.25, 0.3) is 11.5 Å². The number of rotatable bonds is 6. The maximum atomic E-state index is 12.3. The molecule has 1 saturated heterocycles. The Bertz CT molecular complexity index is 901. The number of carbonyl (C=O) groups excluding carboxylic acids is 1. The van der Waals surface area contributed by atoms with Crippen molar-refractivity contribution in [1.82, 2.24) is 15.4 Å². The number of aromatic nitrogens is 1. The number of hydrogen-bond donors (Lipinski definition) is 2. The lowest BCUT2D eigenvalue weighted by Gasteiger charge is -2.27. The normalized spacial score (nSPS) is 14.7. The molecule has 1 fully saturated rings. The van der Waals surface area contributed by atoms with E-state index in [0.717, 1.165) is 44.1 Å². The van der Waals surface area contributed by atoms with E-state index >= 15 is 0 Å². The monoisotopic (exact) mass is 382 g/mol. The quantitative estimate of drug-likeness (QED) is 0.681. The van der Waals surface area contributed by atoms with Crippen molar-refractivity contribution in [3.8, 4) is 11.5 Å². The number of urea groups is 1. The van der Waals surface area contributed by atoms with Crippen molar-refractivity contribution < 1.29 is 18.5 Å². The van der Waals surface area contributed by atoms with Crippen LogP contribution in [0.3, 0.4) is 0 Å². The Kier molecular flexibility index (Phi) is 5.69. The molecule has 4 rings (SSSR count). The fourth-order valence-corrected chi connectivity index (χ4v) is 3.05. The van der Waals surface area contributed by atoms with Crippen LogP contribution in [0.2, 0.25) is 0 Å². The van der Waals surface area contributed by atoms with Gasteiger partial charge in [0.05, 0.1) is 26.0 Å². The predicted molar refractivity (Wildman–Crippen MR) is 103 cm³/mol. The predicted octanol–water partition coefficient (Wildman–Crippen LogP) is 3.09. The first-order valence-electron chi connectivity index (χ1n) is 9.20. The van der Waals surface area contributed by atoms with Gasteiger partial charge in [0.1, 0.15) is 5.69 Å². The molecule has 0 unspecified atom stereocenters. The van der Waals surface area contributed by atoms with Gasteiger partial charge in [-0.1, -0.05) is 23.4 Å². The third kappa shape index (κ3) is 4.59. The van der Waals surface area contributed by atoms with Gasteiger partial charge in [-0.05, 0) is 23.8 Å². The van der Waals surface area contributed by atoms with Gasteiger partial charge in [0.2, 0.25) is 5.76 Å². The summed E-state index contributed by atoms with van der Waals surface area (Å²) in [5.41, 5.74) is 2.48. The molecular weight excluding hydrogens is 360 g/mol. The highest BCUT2D eigenvalue weighted by atomic mass is 16.5. The zero-order chi connectivity index (χ0) is 19.2. The van der Waals surface area contributed by atoms with Crippen molar-refractivity contribution >= 4 is 11.7 Å². The Morgan fingerprint density at radius 2 is 1.96 bits per heavy atom. The smallest absolute Gasteiger partial charge is 0.319 e.